The maximum Gasteiger partial charge on any atom is 0.0562 e. The van der Waals surface area contributed by atoms with Crippen molar-refractivity contribution in [3.05, 3.63) is 12.2 Å². The lowest BCUT2D eigenvalue weighted by Crippen LogP contribution is -2.07. The molecule has 16 heavy (non-hydrogen) atoms. The highest BCUT2D eigenvalue weighted by Crippen LogP contribution is 2.06. The van der Waals surface area contributed by atoms with Crippen LogP contribution in [-0.4, -0.2) is 22.9 Å². The fraction of sp³-hybridized carbons (Fsp3) is 0.857. The van der Waals surface area contributed by atoms with Gasteiger partial charge in [-0.1, -0.05) is 38.3 Å². The molecule has 0 saturated carbocycles. The normalized spacial score (nSPS) is 13.4. The first-order chi connectivity index (χ1) is 7.81. The first-order valence-corrected chi connectivity index (χ1v) is 6.75. The van der Waals surface area contributed by atoms with Crippen LogP contribution in [0.25, 0.3) is 0 Å². The van der Waals surface area contributed by atoms with Gasteiger partial charge in [0.1, 0.15) is 0 Å². The smallest absolute Gasteiger partial charge is 0.0562 e. The summed E-state index contributed by atoms with van der Waals surface area (Å²) in [5.41, 5.74) is 0. The van der Waals surface area contributed by atoms with Gasteiger partial charge in [0.25, 0.3) is 0 Å². The van der Waals surface area contributed by atoms with Gasteiger partial charge in [-0.3, -0.25) is 0 Å². The van der Waals surface area contributed by atoms with Crippen molar-refractivity contribution in [1.82, 2.24) is 0 Å². The summed E-state index contributed by atoms with van der Waals surface area (Å²) in [6, 6.07) is 0. The highest BCUT2D eigenvalue weighted by molar-refractivity contribution is 4.81. The largest absolute Gasteiger partial charge is 0.396 e. The quantitative estimate of drug-likeness (QED) is 0.420. The molecular weight excluding hydrogens is 200 g/mol. The Balaban J connectivity index is 3.15. The first kappa shape index (κ1) is 15.7. The Morgan fingerprint density at radius 3 is 2.25 bits per heavy atom. The molecule has 0 saturated heterocycles. The number of rotatable bonds is 11. The van der Waals surface area contributed by atoms with Gasteiger partial charge in [-0.05, 0) is 38.5 Å². The Morgan fingerprint density at radius 1 is 0.938 bits per heavy atom. The molecule has 0 bridgehead atoms. The number of aliphatic hydroxyl groups excluding tert-OH is 2. The molecule has 0 rings (SSSR count). The Morgan fingerprint density at radius 2 is 1.62 bits per heavy atom. The second-order valence-electron chi connectivity index (χ2n) is 4.42. The third-order valence-electron chi connectivity index (χ3n) is 2.76. The van der Waals surface area contributed by atoms with Gasteiger partial charge in [0.15, 0.2) is 0 Å². The molecule has 0 aliphatic rings. The van der Waals surface area contributed by atoms with Gasteiger partial charge in [-0.2, -0.15) is 0 Å². The van der Waals surface area contributed by atoms with Gasteiger partial charge < -0.3 is 10.2 Å². The predicted molar refractivity (Wildman–Crippen MR) is 69.5 cm³/mol. The molecule has 2 N–H and O–H groups in total. The molecule has 0 aromatic rings. The van der Waals surface area contributed by atoms with Crippen LogP contribution >= 0.6 is 0 Å². The molecule has 0 aliphatic carbocycles. The fourth-order valence-corrected chi connectivity index (χ4v) is 1.69. The average molecular weight is 228 g/mol. The Kier molecular flexibility index (Phi) is 12.5. The van der Waals surface area contributed by atoms with Gasteiger partial charge in [-0.15, -0.1) is 0 Å². The standard InChI is InChI=1S/C14H28O2/c1-2-3-4-5-6-7-8-9-10-11-14(16)12-13-15/h7-8,14-16H,2-6,9-13H2,1H3/b8-7-. The molecular formula is C14H28O2. The average Bonchev–Trinajstić information content (AvgIpc) is 2.27. The monoisotopic (exact) mass is 228 g/mol. The third-order valence-corrected chi connectivity index (χ3v) is 2.76. The van der Waals surface area contributed by atoms with E-state index >= 15 is 0 Å². The van der Waals surface area contributed by atoms with E-state index in [2.05, 4.69) is 19.1 Å². The number of hydrogen-bond acceptors (Lipinski definition) is 2. The molecule has 0 radical (unpaired) electrons. The molecule has 1 unspecified atom stereocenters. The Hall–Kier alpha value is -0.340. The summed E-state index contributed by atoms with van der Waals surface area (Å²) in [5, 5.41) is 18.0. The van der Waals surface area contributed by atoms with Gasteiger partial charge in [0, 0.05) is 6.61 Å². The van der Waals surface area contributed by atoms with Crippen molar-refractivity contribution in [3.8, 4) is 0 Å². The van der Waals surface area contributed by atoms with Crippen LogP contribution in [0.5, 0.6) is 0 Å². The van der Waals surface area contributed by atoms with Crippen molar-refractivity contribution < 1.29 is 10.2 Å². The first-order valence-electron chi connectivity index (χ1n) is 6.75. The number of aliphatic hydroxyl groups is 2. The number of hydrogen-bond donors (Lipinski definition) is 2. The summed E-state index contributed by atoms with van der Waals surface area (Å²) in [4.78, 5) is 0. The molecule has 0 aromatic heterocycles. The lowest BCUT2D eigenvalue weighted by molar-refractivity contribution is 0.123. The van der Waals surface area contributed by atoms with Crippen LogP contribution < -0.4 is 0 Å². The summed E-state index contributed by atoms with van der Waals surface area (Å²) in [6.45, 7) is 2.32. The lowest BCUT2D eigenvalue weighted by atomic mass is 10.1. The summed E-state index contributed by atoms with van der Waals surface area (Å²) < 4.78 is 0. The summed E-state index contributed by atoms with van der Waals surface area (Å²) in [6.07, 6.45) is 14.0. The maximum atomic E-state index is 9.36. The lowest BCUT2D eigenvalue weighted by Gasteiger charge is -2.06. The van der Waals surface area contributed by atoms with Crippen LogP contribution in [-0.2, 0) is 0 Å². The number of unbranched alkanes of at least 4 members (excludes halogenated alkanes) is 5. The molecule has 0 amide bonds. The van der Waals surface area contributed by atoms with Crippen LogP contribution in [0.15, 0.2) is 12.2 Å². The molecule has 0 fully saturated rings. The molecule has 0 aliphatic heterocycles. The van der Waals surface area contributed by atoms with E-state index in [1.807, 2.05) is 0 Å². The molecule has 2 nitrogen and oxygen atoms in total. The van der Waals surface area contributed by atoms with E-state index in [0.717, 1.165) is 19.3 Å². The van der Waals surface area contributed by atoms with Crippen LogP contribution in [0.3, 0.4) is 0 Å². The van der Waals surface area contributed by atoms with Crippen LogP contribution in [0.4, 0.5) is 0 Å². The molecule has 0 spiro atoms. The zero-order valence-corrected chi connectivity index (χ0v) is 10.7. The highest BCUT2D eigenvalue weighted by atomic mass is 16.3. The van der Waals surface area contributed by atoms with Crippen LogP contribution in [0, 0.1) is 0 Å². The van der Waals surface area contributed by atoms with Gasteiger partial charge >= 0.3 is 0 Å². The van der Waals surface area contributed by atoms with E-state index in [0.29, 0.717) is 6.42 Å². The fourth-order valence-electron chi connectivity index (χ4n) is 1.69. The van der Waals surface area contributed by atoms with Crippen molar-refractivity contribution in [1.29, 1.82) is 0 Å². The van der Waals surface area contributed by atoms with Crippen molar-refractivity contribution in [3.63, 3.8) is 0 Å². The van der Waals surface area contributed by atoms with Crippen LogP contribution in [0.2, 0.25) is 0 Å². The third kappa shape index (κ3) is 11.7. The Labute approximate surface area is 100 Å². The van der Waals surface area contributed by atoms with E-state index in [-0.39, 0.29) is 12.7 Å². The van der Waals surface area contributed by atoms with E-state index in [4.69, 9.17) is 5.11 Å². The van der Waals surface area contributed by atoms with E-state index < -0.39 is 0 Å². The second kappa shape index (κ2) is 12.7. The van der Waals surface area contributed by atoms with Crippen molar-refractivity contribution in [2.75, 3.05) is 6.61 Å². The number of allylic oxidation sites excluding steroid dienone is 2. The maximum absolute atomic E-state index is 9.36. The molecule has 1 atom stereocenters. The zero-order chi connectivity index (χ0) is 12.1. The summed E-state index contributed by atoms with van der Waals surface area (Å²) in [7, 11) is 0. The second-order valence-corrected chi connectivity index (χ2v) is 4.42. The minimum absolute atomic E-state index is 0.0917. The summed E-state index contributed by atoms with van der Waals surface area (Å²) in [5.74, 6) is 0. The van der Waals surface area contributed by atoms with Crippen molar-refractivity contribution >= 4 is 0 Å². The topological polar surface area (TPSA) is 40.5 Å². The minimum atomic E-state index is -0.317. The van der Waals surface area contributed by atoms with Gasteiger partial charge in [0.2, 0.25) is 0 Å². The summed E-state index contributed by atoms with van der Waals surface area (Å²) >= 11 is 0. The highest BCUT2D eigenvalue weighted by Gasteiger charge is 2.00. The molecule has 0 heterocycles. The predicted octanol–water partition coefficient (Wildman–Crippen LogP) is 3.43. The minimum Gasteiger partial charge on any atom is -0.396 e. The molecule has 96 valence electrons. The Bertz CT molecular complexity index is 155. The molecule has 0 aromatic carbocycles. The van der Waals surface area contributed by atoms with Crippen molar-refractivity contribution in [2.24, 2.45) is 0 Å². The SMILES string of the molecule is CCCCCC/C=C\CCCC(O)CCO. The van der Waals surface area contributed by atoms with Gasteiger partial charge in [-0.25, -0.2) is 0 Å². The van der Waals surface area contributed by atoms with Gasteiger partial charge in [0.05, 0.1) is 6.10 Å². The molecule has 2 heteroatoms. The van der Waals surface area contributed by atoms with E-state index in [9.17, 15) is 5.11 Å². The van der Waals surface area contributed by atoms with E-state index in [1.54, 1.807) is 0 Å². The van der Waals surface area contributed by atoms with Crippen molar-refractivity contribution in [2.45, 2.75) is 70.8 Å². The van der Waals surface area contributed by atoms with E-state index in [1.165, 1.54) is 32.1 Å². The zero-order valence-electron chi connectivity index (χ0n) is 10.7. The van der Waals surface area contributed by atoms with Crippen LogP contribution in [0.1, 0.15) is 64.7 Å².